The van der Waals surface area contributed by atoms with E-state index in [1.165, 1.54) is 16.9 Å². The summed E-state index contributed by atoms with van der Waals surface area (Å²) in [6, 6.07) is 4.55. The highest BCUT2D eigenvalue weighted by Gasteiger charge is 2.08. The second-order valence-corrected chi connectivity index (χ2v) is 3.81. The van der Waals surface area contributed by atoms with Crippen molar-refractivity contribution in [2.24, 2.45) is 0 Å². The molecule has 3 nitrogen and oxygen atoms in total. The van der Waals surface area contributed by atoms with Crippen molar-refractivity contribution >= 4 is 11.6 Å². The van der Waals surface area contributed by atoms with Crippen molar-refractivity contribution in [2.45, 2.75) is 13.2 Å². The van der Waals surface area contributed by atoms with Crippen LogP contribution in [0.5, 0.6) is 0 Å². The fraction of sp³-hybridized carbons (Fsp3) is 0.182. The van der Waals surface area contributed by atoms with Gasteiger partial charge in [0.1, 0.15) is 5.82 Å². The minimum atomic E-state index is -0.353. The predicted octanol–water partition coefficient (Wildman–Crippen LogP) is 2.22. The first-order valence-corrected chi connectivity index (χ1v) is 5.13. The molecular formula is C11H10ClFN2O. The molecule has 0 fully saturated rings. The second kappa shape index (κ2) is 4.63. The SMILES string of the molecule is OCc1cnn(Cc2c(F)cccc2Cl)c1. The fourth-order valence-electron chi connectivity index (χ4n) is 1.42. The number of aromatic nitrogens is 2. The normalized spacial score (nSPS) is 10.7. The Bertz CT molecular complexity index is 478. The number of benzene rings is 1. The van der Waals surface area contributed by atoms with Crippen LogP contribution in [-0.4, -0.2) is 14.9 Å². The molecule has 5 heteroatoms. The number of nitrogens with zero attached hydrogens (tertiary/aromatic N) is 2. The zero-order chi connectivity index (χ0) is 11.5. The zero-order valence-electron chi connectivity index (χ0n) is 8.40. The molecule has 16 heavy (non-hydrogen) atoms. The minimum Gasteiger partial charge on any atom is -0.392 e. The molecule has 0 saturated carbocycles. The molecule has 0 spiro atoms. The van der Waals surface area contributed by atoms with Crippen LogP contribution in [0.2, 0.25) is 5.02 Å². The van der Waals surface area contributed by atoms with Crippen molar-refractivity contribution in [3.63, 3.8) is 0 Å². The van der Waals surface area contributed by atoms with Gasteiger partial charge in [0.25, 0.3) is 0 Å². The van der Waals surface area contributed by atoms with Gasteiger partial charge in [-0.3, -0.25) is 4.68 Å². The molecule has 84 valence electrons. The summed E-state index contributed by atoms with van der Waals surface area (Å²) in [4.78, 5) is 0. The first-order chi connectivity index (χ1) is 7.70. The van der Waals surface area contributed by atoms with Gasteiger partial charge < -0.3 is 5.11 Å². The standard InChI is InChI=1S/C11H10ClFN2O/c12-10-2-1-3-11(13)9(10)6-15-5-8(7-16)4-14-15/h1-5,16H,6-7H2. The summed E-state index contributed by atoms with van der Waals surface area (Å²) < 4.78 is 15.0. The summed E-state index contributed by atoms with van der Waals surface area (Å²) in [5.41, 5.74) is 1.09. The monoisotopic (exact) mass is 240 g/mol. The van der Waals surface area contributed by atoms with E-state index in [0.29, 0.717) is 16.1 Å². The molecule has 1 heterocycles. The number of halogens is 2. The van der Waals surface area contributed by atoms with Crippen LogP contribution < -0.4 is 0 Å². The van der Waals surface area contributed by atoms with E-state index >= 15 is 0 Å². The zero-order valence-corrected chi connectivity index (χ0v) is 9.15. The van der Waals surface area contributed by atoms with E-state index in [4.69, 9.17) is 16.7 Å². The first kappa shape index (κ1) is 11.1. The molecule has 2 rings (SSSR count). The molecule has 1 N–H and O–H groups in total. The highest BCUT2D eigenvalue weighted by atomic mass is 35.5. The van der Waals surface area contributed by atoms with Gasteiger partial charge in [-0.15, -0.1) is 0 Å². The summed E-state index contributed by atoms with van der Waals surface area (Å²) in [5, 5.41) is 13.2. The fourth-order valence-corrected chi connectivity index (χ4v) is 1.64. The van der Waals surface area contributed by atoms with Crippen LogP contribution in [0.15, 0.2) is 30.6 Å². The van der Waals surface area contributed by atoms with Crippen LogP contribution in [0.3, 0.4) is 0 Å². The number of rotatable bonds is 3. The average Bonchev–Trinajstić information content (AvgIpc) is 2.71. The lowest BCUT2D eigenvalue weighted by molar-refractivity contribution is 0.281. The van der Waals surface area contributed by atoms with Crippen molar-refractivity contribution in [1.29, 1.82) is 0 Å². The summed E-state index contributed by atoms with van der Waals surface area (Å²) in [6.07, 6.45) is 3.19. The lowest BCUT2D eigenvalue weighted by atomic mass is 10.2. The Morgan fingerprint density at radius 2 is 2.25 bits per heavy atom. The number of aliphatic hydroxyl groups is 1. The Kier molecular flexibility index (Phi) is 3.22. The lowest BCUT2D eigenvalue weighted by Gasteiger charge is -2.05. The van der Waals surface area contributed by atoms with E-state index in [2.05, 4.69) is 5.10 Å². The van der Waals surface area contributed by atoms with Gasteiger partial charge in [-0.2, -0.15) is 5.10 Å². The lowest BCUT2D eigenvalue weighted by Crippen LogP contribution is -2.03. The number of aliphatic hydroxyl groups excluding tert-OH is 1. The van der Waals surface area contributed by atoms with E-state index in [0.717, 1.165) is 0 Å². The van der Waals surface area contributed by atoms with Gasteiger partial charge >= 0.3 is 0 Å². The predicted molar refractivity (Wildman–Crippen MR) is 58.7 cm³/mol. The van der Waals surface area contributed by atoms with Crippen molar-refractivity contribution in [1.82, 2.24) is 9.78 Å². The van der Waals surface area contributed by atoms with E-state index in [1.54, 1.807) is 18.3 Å². The molecular weight excluding hydrogens is 231 g/mol. The van der Waals surface area contributed by atoms with Crippen LogP contribution in [0.1, 0.15) is 11.1 Å². The summed E-state index contributed by atoms with van der Waals surface area (Å²) in [7, 11) is 0. The van der Waals surface area contributed by atoms with E-state index in [-0.39, 0.29) is 19.0 Å². The van der Waals surface area contributed by atoms with Crippen LogP contribution in [0.25, 0.3) is 0 Å². The van der Waals surface area contributed by atoms with Crippen molar-refractivity contribution in [3.05, 3.63) is 52.6 Å². The Hall–Kier alpha value is -1.39. The number of hydrogen-bond acceptors (Lipinski definition) is 2. The average molecular weight is 241 g/mol. The van der Waals surface area contributed by atoms with Gasteiger partial charge in [-0.25, -0.2) is 4.39 Å². The third-order valence-corrected chi connectivity index (χ3v) is 2.61. The van der Waals surface area contributed by atoms with E-state index in [9.17, 15) is 4.39 Å². The maximum atomic E-state index is 13.4. The molecule has 1 aromatic heterocycles. The van der Waals surface area contributed by atoms with Crippen LogP contribution in [0.4, 0.5) is 4.39 Å². The molecule has 0 aliphatic carbocycles. The Morgan fingerprint density at radius 1 is 1.44 bits per heavy atom. The van der Waals surface area contributed by atoms with Crippen LogP contribution in [-0.2, 0) is 13.2 Å². The Labute approximate surface area is 97.1 Å². The Balaban J connectivity index is 2.26. The molecule has 0 amide bonds. The molecule has 0 unspecified atom stereocenters. The summed E-state index contributed by atoms with van der Waals surface area (Å²) >= 11 is 5.89. The molecule has 0 bridgehead atoms. The molecule has 0 saturated heterocycles. The van der Waals surface area contributed by atoms with E-state index < -0.39 is 0 Å². The van der Waals surface area contributed by atoms with Crippen LogP contribution in [0, 0.1) is 5.82 Å². The first-order valence-electron chi connectivity index (χ1n) is 4.76. The van der Waals surface area contributed by atoms with Gasteiger partial charge in [0.2, 0.25) is 0 Å². The summed E-state index contributed by atoms with van der Waals surface area (Å²) in [5.74, 6) is -0.353. The summed E-state index contributed by atoms with van der Waals surface area (Å²) in [6.45, 7) is 0.177. The maximum absolute atomic E-state index is 13.4. The quantitative estimate of drug-likeness (QED) is 0.893. The minimum absolute atomic E-state index is 0.0784. The topological polar surface area (TPSA) is 38.1 Å². The van der Waals surface area contributed by atoms with Crippen molar-refractivity contribution in [2.75, 3.05) is 0 Å². The molecule has 0 radical (unpaired) electrons. The Morgan fingerprint density at radius 3 is 2.88 bits per heavy atom. The van der Waals surface area contributed by atoms with Crippen LogP contribution >= 0.6 is 11.6 Å². The number of hydrogen-bond donors (Lipinski definition) is 1. The highest BCUT2D eigenvalue weighted by Crippen LogP contribution is 2.19. The molecule has 2 aromatic rings. The van der Waals surface area contributed by atoms with E-state index in [1.807, 2.05) is 0 Å². The molecule has 0 atom stereocenters. The van der Waals surface area contributed by atoms with Crippen molar-refractivity contribution < 1.29 is 9.50 Å². The van der Waals surface area contributed by atoms with Gasteiger partial charge in [0.15, 0.2) is 0 Å². The third-order valence-electron chi connectivity index (χ3n) is 2.25. The maximum Gasteiger partial charge on any atom is 0.129 e. The molecule has 0 aliphatic rings. The van der Waals surface area contributed by atoms with Gasteiger partial charge in [0.05, 0.1) is 19.3 Å². The largest absolute Gasteiger partial charge is 0.392 e. The van der Waals surface area contributed by atoms with Gasteiger partial charge in [-0.1, -0.05) is 17.7 Å². The van der Waals surface area contributed by atoms with Gasteiger partial charge in [0, 0.05) is 22.3 Å². The molecule has 1 aromatic carbocycles. The third kappa shape index (κ3) is 2.23. The van der Waals surface area contributed by atoms with Crippen molar-refractivity contribution in [3.8, 4) is 0 Å². The molecule has 0 aliphatic heterocycles. The second-order valence-electron chi connectivity index (χ2n) is 3.40. The van der Waals surface area contributed by atoms with Gasteiger partial charge in [-0.05, 0) is 12.1 Å². The smallest absolute Gasteiger partial charge is 0.129 e. The highest BCUT2D eigenvalue weighted by molar-refractivity contribution is 6.31.